The molecule has 2 heterocycles. The standard InChI is InChI=1S/C9H6N4S2/c14-8-10-11-9-13(8)12-7(15-9)6-4-2-1-3-5-6/h1-5H,(H,10,14). The molecule has 0 aliphatic carbocycles. The van der Waals surface area contributed by atoms with E-state index in [0.717, 1.165) is 15.5 Å². The minimum Gasteiger partial charge on any atom is -0.249 e. The maximum absolute atomic E-state index is 5.04. The third-order valence-corrected chi connectivity index (χ3v) is 3.24. The predicted molar refractivity (Wildman–Crippen MR) is 61.5 cm³/mol. The molecule has 4 nitrogen and oxygen atoms in total. The second kappa shape index (κ2) is 3.25. The van der Waals surface area contributed by atoms with Crippen LogP contribution in [0.2, 0.25) is 0 Å². The van der Waals surface area contributed by atoms with Crippen molar-refractivity contribution in [2.24, 2.45) is 0 Å². The minimum absolute atomic E-state index is 0.531. The molecule has 0 fully saturated rings. The molecule has 6 heteroatoms. The molecule has 0 bridgehead atoms. The van der Waals surface area contributed by atoms with E-state index in [4.69, 9.17) is 12.2 Å². The Labute approximate surface area is 94.2 Å². The van der Waals surface area contributed by atoms with E-state index in [1.807, 2.05) is 30.3 Å². The zero-order chi connectivity index (χ0) is 10.3. The summed E-state index contributed by atoms with van der Waals surface area (Å²) in [6, 6.07) is 9.99. The Hall–Kier alpha value is -1.53. The fourth-order valence-corrected chi connectivity index (χ4v) is 2.42. The Balaban J connectivity index is 2.25. The van der Waals surface area contributed by atoms with Crippen LogP contribution in [-0.2, 0) is 0 Å². The third-order valence-electron chi connectivity index (χ3n) is 2.02. The second-order valence-electron chi connectivity index (χ2n) is 3.00. The minimum atomic E-state index is 0.531. The molecular weight excluding hydrogens is 228 g/mol. The van der Waals surface area contributed by atoms with Crippen LogP contribution in [0.25, 0.3) is 15.5 Å². The van der Waals surface area contributed by atoms with Gasteiger partial charge in [-0.1, -0.05) is 41.7 Å². The Bertz CT molecular complexity index is 649. The number of nitrogens with one attached hydrogen (secondary N) is 1. The lowest BCUT2D eigenvalue weighted by Crippen LogP contribution is -1.84. The molecule has 0 saturated carbocycles. The molecule has 15 heavy (non-hydrogen) atoms. The molecule has 74 valence electrons. The molecule has 0 amide bonds. The topological polar surface area (TPSA) is 46.0 Å². The molecule has 0 radical (unpaired) electrons. The molecule has 0 unspecified atom stereocenters. The van der Waals surface area contributed by atoms with Gasteiger partial charge in [0.15, 0.2) is 0 Å². The monoisotopic (exact) mass is 234 g/mol. The fourth-order valence-electron chi connectivity index (χ4n) is 1.33. The van der Waals surface area contributed by atoms with E-state index in [2.05, 4.69) is 15.3 Å². The van der Waals surface area contributed by atoms with Gasteiger partial charge < -0.3 is 0 Å². The van der Waals surface area contributed by atoms with Gasteiger partial charge in [0.1, 0.15) is 5.01 Å². The summed E-state index contributed by atoms with van der Waals surface area (Å²) < 4.78 is 2.17. The van der Waals surface area contributed by atoms with Gasteiger partial charge in [0.25, 0.3) is 0 Å². The first-order chi connectivity index (χ1) is 7.34. The smallest absolute Gasteiger partial charge is 0.233 e. The van der Waals surface area contributed by atoms with Gasteiger partial charge in [-0.05, 0) is 12.2 Å². The van der Waals surface area contributed by atoms with Crippen LogP contribution in [0.4, 0.5) is 0 Å². The van der Waals surface area contributed by atoms with Crippen LogP contribution in [0.15, 0.2) is 30.3 Å². The average Bonchev–Trinajstić information content (AvgIpc) is 2.83. The van der Waals surface area contributed by atoms with Crippen molar-refractivity contribution in [3.63, 3.8) is 0 Å². The number of aromatic nitrogens is 4. The zero-order valence-corrected chi connectivity index (χ0v) is 9.18. The van der Waals surface area contributed by atoms with E-state index in [1.165, 1.54) is 11.3 Å². The first-order valence-corrected chi connectivity index (χ1v) is 5.57. The average molecular weight is 234 g/mol. The van der Waals surface area contributed by atoms with Crippen molar-refractivity contribution < 1.29 is 0 Å². The van der Waals surface area contributed by atoms with Gasteiger partial charge >= 0.3 is 0 Å². The number of H-pyrrole nitrogens is 1. The van der Waals surface area contributed by atoms with Crippen LogP contribution in [-0.4, -0.2) is 19.8 Å². The molecule has 0 spiro atoms. The summed E-state index contributed by atoms with van der Waals surface area (Å²) in [6.45, 7) is 0. The van der Waals surface area contributed by atoms with Crippen molar-refractivity contribution >= 4 is 28.5 Å². The lowest BCUT2D eigenvalue weighted by molar-refractivity contribution is 0.940. The van der Waals surface area contributed by atoms with E-state index in [1.54, 1.807) is 4.52 Å². The van der Waals surface area contributed by atoms with Gasteiger partial charge in [-0.3, -0.25) is 0 Å². The van der Waals surface area contributed by atoms with E-state index in [9.17, 15) is 0 Å². The summed E-state index contributed by atoms with van der Waals surface area (Å²) in [5.74, 6) is 0. The fraction of sp³-hybridized carbons (Fsp3) is 0. The Morgan fingerprint density at radius 1 is 1.27 bits per heavy atom. The third kappa shape index (κ3) is 1.38. The van der Waals surface area contributed by atoms with E-state index < -0.39 is 0 Å². The maximum Gasteiger partial charge on any atom is 0.233 e. The summed E-state index contributed by atoms with van der Waals surface area (Å²) in [5.41, 5.74) is 1.09. The predicted octanol–water partition coefficient (Wildman–Crippen LogP) is 2.52. The highest BCUT2D eigenvalue weighted by Crippen LogP contribution is 2.24. The first kappa shape index (κ1) is 8.75. The van der Waals surface area contributed by atoms with Crippen molar-refractivity contribution in [3.05, 3.63) is 35.1 Å². The van der Waals surface area contributed by atoms with E-state index in [0.29, 0.717) is 4.77 Å². The highest BCUT2D eigenvalue weighted by molar-refractivity contribution is 7.71. The highest BCUT2D eigenvalue weighted by Gasteiger charge is 2.07. The van der Waals surface area contributed by atoms with E-state index >= 15 is 0 Å². The molecule has 2 aromatic heterocycles. The number of benzene rings is 1. The molecule has 1 N–H and O–H groups in total. The Morgan fingerprint density at radius 2 is 2.07 bits per heavy atom. The molecular formula is C9H6N4S2. The first-order valence-electron chi connectivity index (χ1n) is 4.34. The van der Waals surface area contributed by atoms with Crippen LogP contribution in [0, 0.1) is 4.77 Å². The Kier molecular flexibility index (Phi) is 1.90. The van der Waals surface area contributed by atoms with E-state index in [-0.39, 0.29) is 0 Å². The molecule has 0 saturated heterocycles. The summed E-state index contributed by atoms with van der Waals surface area (Å²) in [7, 11) is 0. The number of hydrogen-bond donors (Lipinski definition) is 1. The SMILES string of the molecule is S=c1[nH]nc2sc(-c3ccccc3)nn12. The van der Waals surface area contributed by atoms with Crippen LogP contribution < -0.4 is 0 Å². The number of hydrogen-bond acceptors (Lipinski definition) is 4. The van der Waals surface area contributed by atoms with Gasteiger partial charge in [0.2, 0.25) is 9.73 Å². The normalized spacial score (nSPS) is 10.9. The summed E-state index contributed by atoms with van der Waals surface area (Å²) >= 11 is 6.55. The summed E-state index contributed by atoms with van der Waals surface area (Å²) in [6.07, 6.45) is 0. The van der Waals surface area contributed by atoms with Gasteiger partial charge in [-0.25, -0.2) is 5.10 Å². The van der Waals surface area contributed by atoms with Crippen LogP contribution in [0.5, 0.6) is 0 Å². The van der Waals surface area contributed by atoms with Gasteiger partial charge in [-0.2, -0.15) is 9.61 Å². The number of rotatable bonds is 1. The van der Waals surface area contributed by atoms with Crippen molar-refractivity contribution in [1.29, 1.82) is 0 Å². The van der Waals surface area contributed by atoms with Gasteiger partial charge in [0.05, 0.1) is 0 Å². The molecule has 0 atom stereocenters. The molecule has 3 aromatic rings. The second-order valence-corrected chi connectivity index (χ2v) is 4.34. The van der Waals surface area contributed by atoms with Gasteiger partial charge in [0, 0.05) is 5.56 Å². The number of nitrogens with zero attached hydrogens (tertiary/aromatic N) is 3. The van der Waals surface area contributed by atoms with Crippen LogP contribution in [0.1, 0.15) is 0 Å². The number of fused-ring (bicyclic) bond motifs is 1. The summed E-state index contributed by atoms with van der Waals surface area (Å²) in [4.78, 5) is 0.791. The number of aromatic amines is 1. The lowest BCUT2D eigenvalue weighted by Gasteiger charge is -1.91. The summed E-state index contributed by atoms with van der Waals surface area (Å²) in [5, 5.41) is 12.1. The molecule has 0 aliphatic rings. The van der Waals surface area contributed by atoms with Crippen molar-refractivity contribution in [2.45, 2.75) is 0 Å². The van der Waals surface area contributed by atoms with Crippen LogP contribution >= 0.6 is 23.6 Å². The van der Waals surface area contributed by atoms with Crippen molar-refractivity contribution in [3.8, 4) is 10.6 Å². The maximum atomic E-state index is 5.04. The quantitative estimate of drug-likeness (QED) is 0.658. The molecule has 3 rings (SSSR count). The van der Waals surface area contributed by atoms with Crippen LogP contribution in [0.3, 0.4) is 0 Å². The Morgan fingerprint density at radius 3 is 2.80 bits per heavy atom. The van der Waals surface area contributed by atoms with Crippen molar-refractivity contribution in [2.75, 3.05) is 0 Å². The molecule has 0 aliphatic heterocycles. The highest BCUT2D eigenvalue weighted by atomic mass is 32.1. The largest absolute Gasteiger partial charge is 0.249 e. The lowest BCUT2D eigenvalue weighted by atomic mass is 10.2. The molecule has 1 aromatic carbocycles. The zero-order valence-electron chi connectivity index (χ0n) is 7.54. The van der Waals surface area contributed by atoms with Gasteiger partial charge in [-0.15, -0.1) is 5.10 Å². The van der Waals surface area contributed by atoms with Crippen molar-refractivity contribution in [1.82, 2.24) is 19.8 Å².